The van der Waals surface area contributed by atoms with Gasteiger partial charge in [0.25, 0.3) is 0 Å². The van der Waals surface area contributed by atoms with E-state index in [1.54, 1.807) is 7.11 Å². The van der Waals surface area contributed by atoms with Crippen molar-refractivity contribution in [2.24, 2.45) is 0 Å². The topological polar surface area (TPSA) is 34.1 Å². The van der Waals surface area contributed by atoms with Crippen molar-refractivity contribution in [3.8, 4) is 17.0 Å². The van der Waals surface area contributed by atoms with Crippen LogP contribution in [0, 0.1) is 0 Å². The smallest absolute Gasteiger partial charge is 0.118 e. The van der Waals surface area contributed by atoms with Gasteiger partial charge in [0.15, 0.2) is 0 Å². The number of piperidine rings is 1. The Kier molecular flexibility index (Phi) is 3.97. The van der Waals surface area contributed by atoms with Crippen LogP contribution in [0.2, 0.25) is 0 Å². The average molecular weight is 268 g/mol. The molecule has 1 saturated heterocycles. The SMILES string of the molecule is COc1ccc(-c2cccc(C3CCCNC3)n2)cc1. The second kappa shape index (κ2) is 6.06. The monoisotopic (exact) mass is 268 g/mol. The van der Waals surface area contributed by atoms with E-state index in [1.165, 1.54) is 18.5 Å². The van der Waals surface area contributed by atoms with E-state index in [2.05, 4.69) is 35.6 Å². The predicted molar refractivity (Wildman–Crippen MR) is 81.1 cm³/mol. The molecule has 0 aliphatic carbocycles. The largest absolute Gasteiger partial charge is 0.497 e. The first-order chi connectivity index (χ1) is 9.86. The molecule has 1 unspecified atom stereocenters. The highest BCUT2D eigenvalue weighted by atomic mass is 16.5. The molecule has 1 aromatic heterocycles. The lowest BCUT2D eigenvalue weighted by molar-refractivity contribution is 0.415. The molecule has 2 aromatic rings. The molecule has 1 aromatic carbocycles. The Bertz CT molecular complexity index is 559. The second-order valence-electron chi connectivity index (χ2n) is 5.22. The molecule has 0 saturated carbocycles. The van der Waals surface area contributed by atoms with Crippen LogP contribution in [-0.2, 0) is 0 Å². The van der Waals surface area contributed by atoms with Crippen molar-refractivity contribution in [2.45, 2.75) is 18.8 Å². The molecule has 104 valence electrons. The minimum atomic E-state index is 0.543. The van der Waals surface area contributed by atoms with Crippen LogP contribution in [-0.4, -0.2) is 25.2 Å². The van der Waals surface area contributed by atoms with Crippen molar-refractivity contribution < 1.29 is 4.74 Å². The molecule has 0 amide bonds. The van der Waals surface area contributed by atoms with Crippen LogP contribution >= 0.6 is 0 Å². The Labute approximate surface area is 120 Å². The van der Waals surface area contributed by atoms with Gasteiger partial charge in [-0.3, -0.25) is 4.98 Å². The van der Waals surface area contributed by atoms with Crippen molar-refractivity contribution >= 4 is 0 Å². The Morgan fingerprint density at radius 1 is 1.15 bits per heavy atom. The van der Waals surface area contributed by atoms with Crippen molar-refractivity contribution in [3.63, 3.8) is 0 Å². The number of hydrogen-bond donors (Lipinski definition) is 1. The van der Waals surface area contributed by atoms with Crippen molar-refractivity contribution in [2.75, 3.05) is 20.2 Å². The zero-order valence-corrected chi connectivity index (χ0v) is 11.8. The van der Waals surface area contributed by atoms with Crippen LogP contribution in [0.4, 0.5) is 0 Å². The summed E-state index contributed by atoms with van der Waals surface area (Å²) in [6.45, 7) is 2.17. The van der Waals surface area contributed by atoms with E-state index in [4.69, 9.17) is 9.72 Å². The van der Waals surface area contributed by atoms with E-state index in [9.17, 15) is 0 Å². The number of nitrogens with one attached hydrogen (secondary N) is 1. The summed E-state index contributed by atoms with van der Waals surface area (Å²) in [5.74, 6) is 1.42. The second-order valence-corrected chi connectivity index (χ2v) is 5.22. The zero-order valence-electron chi connectivity index (χ0n) is 11.8. The molecule has 0 radical (unpaired) electrons. The van der Waals surface area contributed by atoms with E-state index < -0.39 is 0 Å². The quantitative estimate of drug-likeness (QED) is 0.928. The highest BCUT2D eigenvalue weighted by Gasteiger charge is 2.16. The third kappa shape index (κ3) is 2.83. The number of ether oxygens (including phenoxy) is 1. The van der Waals surface area contributed by atoms with Gasteiger partial charge in [-0.05, 0) is 55.8 Å². The maximum absolute atomic E-state index is 5.20. The van der Waals surface area contributed by atoms with E-state index >= 15 is 0 Å². The van der Waals surface area contributed by atoms with Crippen molar-refractivity contribution in [1.29, 1.82) is 0 Å². The van der Waals surface area contributed by atoms with E-state index in [0.717, 1.165) is 30.1 Å². The first-order valence-electron chi connectivity index (χ1n) is 7.19. The summed E-state index contributed by atoms with van der Waals surface area (Å²) in [5.41, 5.74) is 3.37. The fourth-order valence-corrected chi connectivity index (χ4v) is 2.71. The Balaban J connectivity index is 1.85. The molecular formula is C17H20N2O. The summed E-state index contributed by atoms with van der Waals surface area (Å²) >= 11 is 0. The first-order valence-corrected chi connectivity index (χ1v) is 7.19. The lowest BCUT2D eigenvalue weighted by Crippen LogP contribution is -2.28. The standard InChI is InChI=1S/C17H20N2O/c1-20-15-9-7-13(8-10-15)16-5-2-6-17(19-16)14-4-3-11-18-12-14/h2,5-10,14,18H,3-4,11-12H2,1H3. The number of aromatic nitrogens is 1. The molecule has 3 rings (SSSR count). The molecule has 1 fully saturated rings. The Morgan fingerprint density at radius 2 is 2.00 bits per heavy atom. The average Bonchev–Trinajstić information content (AvgIpc) is 2.56. The zero-order chi connectivity index (χ0) is 13.8. The molecule has 1 aliphatic rings. The fraction of sp³-hybridized carbons (Fsp3) is 0.353. The van der Waals surface area contributed by atoms with Gasteiger partial charge in [-0.15, -0.1) is 0 Å². The molecule has 3 nitrogen and oxygen atoms in total. The normalized spacial score (nSPS) is 18.8. The first kappa shape index (κ1) is 13.1. The number of methoxy groups -OCH3 is 1. The van der Waals surface area contributed by atoms with Crippen LogP contribution in [0.5, 0.6) is 5.75 Å². The van der Waals surface area contributed by atoms with Gasteiger partial charge in [0, 0.05) is 23.7 Å². The molecule has 20 heavy (non-hydrogen) atoms. The molecule has 2 heterocycles. The van der Waals surface area contributed by atoms with Crippen LogP contribution in [0.15, 0.2) is 42.5 Å². The molecular weight excluding hydrogens is 248 g/mol. The van der Waals surface area contributed by atoms with Crippen LogP contribution < -0.4 is 10.1 Å². The highest BCUT2D eigenvalue weighted by Crippen LogP contribution is 2.25. The maximum Gasteiger partial charge on any atom is 0.118 e. The number of hydrogen-bond acceptors (Lipinski definition) is 3. The summed E-state index contributed by atoms with van der Waals surface area (Å²) < 4.78 is 5.20. The number of rotatable bonds is 3. The van der Waals surface area contributed by atoms with Gasteiger partial charge in [0.05, 0.1) is 12.8 Å². The summed E-state index contributed by atoms with van der Waals surface area (Å²) in [4.78, 5) is 4.84. The van der Waals surface area contributed by atoms with Crippen LogP contribution in [0.3, 0.4) is 0 Å². The minimum absolute atomic E-state index is 0.543. The van der Waals surface area contributed by atoms with E-state index in [0.29, 0.717) is 5.92 Å². The molecule has 1 N–H and O–H groups in total. The molecule has 3 heteroatoms. The van der Waals surface area contributed by atoms with E-state index in [1.807, 2.05) is 12.1 Å². The summed E-state index contributed by atoms with van der Waals surface area (Å²) in [5, 5.41) is 3.45. The van der Waals surface area contributed by atoms with Gasteiger partial charge in [-0.25, -0.2) is 0 Å². The maximum atomic E-state index is 5.20. The third-order valence-corrected chi connectivity index (χ3v) is 3.87. The number of nitrogens with zero attached hydrogens (tertiary/aromatic N) is 1. The summed E-state index contributed by atoms with van der Waals surface area (Å²) in [6.07, 6.45) is 2.46. The molecule has 1 atom stereocenters. The van der Waals surface area contributed by atoms with Crippen LogP contribution in [0.25, 0.3) is 11.3 Å². The lowest BCUT2D eigenvalue weighted by atomic mass is 9.95. The fourth-order valence-electron chi connectivity index (χ4n) is 2.71. The van der Waals surface area contributed by atoms with Crippen molar-refractivity contribution in [1.82, 2.24) is 10.3 Å². The molecule has 1 aliphatic heterocycles. The van der Waals surface area contributed by atoms with Gasteiger partial charge in [0.2, 0.25) is 0 Å². The van der Waals surface area contributed by atoms with Gasteiger partial charge >= 0.3 is 0 Å². The highest BCUT2D eigenvalue weighted by molar-refractivity contribution is 5.60. The summed E-state index contributed by atoms with van der Waals surface area (Å²) in [7, 11) is 1.68. The third-order valence-electron chi connectivity index (χ3n) is 3.87. The number of benzene rings is 1. The molecule has 0 bridgehead atoms. The minimum Gasteiger partial charge on any atom is -0.497 e. The van der Waals surface area contributed by atoms with Crippen LogP contribution in [0.1, 0.15) is 24.5 Å². The number of pyridine rings is 1. The Hall–Kier alpha value is -1.87. The lowest BCUT2D eigenvalue weighted by Gasteiger charge is -2.22. The van der Waals surface area contributed by atoms with Gasteiger partial charge in [0.1, 0.15) is 5.75 Å². The Morgan fingerprint density at radius 3 is 2.70 bits per heavy atom. The summed E-state index contributed by atoms with van der Waals surface area (Å²) in [6, 6.07) is 14.4. The van der Waals surface area contributed by atoms with Gasteiger partial charge < -0.3 is 10.1 Å². The molecule has 0 spiro atoms. The van der Waals surface area contributed by atoms with Gasteiger partial charge in [-0.1, -0.05) is 6.07 Å². The predicted octanol–water partition coefficient (Wildman–Crippen LogP) is 3.22. The van der Waals surface area contributed by atoms with E-state index in [-0.39, 0.29) is 0 Å². The van der Waals surface area contributed by atoms with Crippen molar-refractivity contribution in [3.05, 3.63) is 48.2 Å². The van der Waals surface area contributed by atoms with Gasteiger partial charge in [-0.2, -0.15) is 0 Å².